The summed E-state index contributed by atoms with van der Waals surface area (Å²) >= 11 is 0. The van der Waals surface area contributed by atoms with Gasteiger partial charge in [0.1, 0.15) is 6.10 Å². The van der Waals surface area contributed by atoms with Crippen LogP contribution in [0.15, 0.2) is 0 Å². The van der Waals surface area contributed by atoms with Gasteiger partial charge in [0, 0.05) is 6.54 Å². The fraction of sp³-hybridized carbons (Fsp3) is 0.857. The third-order valence-electron chi connectivity index (χ3n) is 2.36. The summed E-state index contributed by atoms with van der Waals surface area (Å²) in [7, 11) is 0. The monoisotopic (exact) mass is 138 g/mol. The minimum Gasteiger partial charge on any atom is -0.371 e. The third kappa shape index (κ3) is 0.731. The molecule has 2 atom stereocenters. The molecule has 0 amide bonds. The zero-order valence-electron chi connectivity index (χ0n) is 5.76. The van der Waals surface area contributed by atoms with Gasteiger partial charge in [-0.2, -0.15) is 5.26 Å². The van der Waals surface area contributed by atoms with E-state index in [1.165, 1.54) is 0 Å². The molecule has 3 heteroatoms. The molecule has 0 bridgehead atoms. The average Bonchev–Trinajstić information content (AvgIpc) is 2.71. The van der Waals surface area contributed by atoms with E-state index in [1.807, 2.05) is 0 Å². The Hall–Kier alpha value is -0.590. The van der Waals surface area contributed by atoms with Crippen LogP contribution in [-0.2, 0) is 4.74 Å². The molecule has 0 radical (unpaired) electrons. The largest absolute Gasteiger partial charge is 0.371 e. The minimum atomic E-state index is -0.181. The maximum Gasteiger partial charge on any atom is 0.101 e. The van der Waals surface area contributed by atoms with Crippen molar-refractivity contribution in [2.45, 2.75) is 12.5 Å². The molecule has 2 rings (SSSR count). The molecule has 0 aromatic heterocycles. The van der Waals surface area contributed by atoms with E-state index in [0.717, 1.165) is 26.1 Å². The molecule has 2 fully saturated rings. The van der Waals surface area contributed by atoms with Gasteiger partial charge in [-0.25, -0.2) is 0 Å². The lowest BCUT2D eigenvalue weighted by Crippen LogP contribution is -2.28. The molecule has 0 saturated carbocycles. The first kappa shape index (κ1) is 6.14. The van der Waals surface area contributed by atoms with Crippen molar-refractivity contribution in [3.63, 3.8) is 0 Å². The van der Waals surface area contributed by atoms with Gasteiger partial charge < -0.3 is 10.1 Å². The predicted octanol–water partition coefficient (Wildman–Crippen LogP) is -0.112. The van der Waals surface area contributed by atoms with Crippen molar-refractivity contribution in [1.82, 2.24) is 5.32 Å². The highest BCUT2D eigenvalue weighted by Gasteiger charge is 2.49. The lowest BCUT2D eigenvalue weighted by molar-refractivity contribution is 0.283. The number of ether oxygens (including phenoxy) is 1. The quantitative estimate of drug-likeness (QED) is 0.514. The van der Waals surface area contributed by atoms with Crippen LogP contribution in [0.5, 0.6) is 0 Å². The summed E-state index contributed by atoms with van der Waals surface area (Å²) in [6, 6.07) is 2.35. The van der Waals surface area contributed by atoms with Crippen LogP contribution in [0.3, 0.4) is 0 Å². The minimum absolute atomic E-state index is 0.181. The molecule has 0 aromatic carbocycles. The van der Waals surface area contributed by atoms with Crippen molar-refractivity contribution in [3.05, 3.63) is 0 Å². The van der Waals surface area contributed by atoms with Crippen molar-refractivity contribution < 1.29 is 4.74 Å². The number of rotatable bonds is 1. The third-order valence-corrected chi connectivity index (χ3v) is 2.36. The lowest BCUT2D eigenvalue weighted by atomic mass is 9.86. The second-order valence-corrected chi connectivity index (χ2v) is 3.02. The molecule has 0 aromatic rings. The van der Waals surface area contributed by atoms with Crippen molar-refractivity contribution in [2.24, 2.45) is 5.41 Å². The van der Waals surface area contributed by atoms with Gasteiger partial charge in [0.15, 0.2) is 0 Å². The summed E-state index contributed by atoms with van der Waals surface area (Å²) in [5.74, 6) is 0. The molecule has 54 valence electrons. The highest BCUT2D eigenvalue weighted by atomic mass is 16.6. The first-order valence-corrected chi connectivity index (χ1v) is 3.61. The first-order chi connectivity index (χ1) is 4.87. The van der Waals surface area contributed by atoms with Crippen LogP contribution in [-0.4, -0.2) is 25.8 Å². The Morgan fingerprint density at radius 1 is 1.70 bits per heavy atom. The summed E-state index contributed by atoms with van der Waals surface area (Å²) in [6.45, 7) is 2.57. The zero-order chi connectivity index (χ0) is 7.03. The Morgan fingerprint density at radius 3 is 2.90 bits per heavy atom. The van der Waals surface area contributed by atoms with Crippen LogP contribution < -0.4 is 5.32 Å². The topological polar surface area (TPSA) is 48.4 Å². The van der Waals surface area contributed by atoms with Crippen molar-refractivity contribution in [2.75, 3.05) is 19.7 Å². The number of nitriles is 1. The van der Waals surface area contributed by atoms with Gasteiger partial charge in [-0.05, 0) is 13.0 Å². The highest BCUT2D eigenvalue weighted by Crippen LogP contribution is 2.37. The molecule has 2 heterocycles. The molecule has 2 saturated heterocycles. The molecular weight excluding hydrogens is 128 g/mol. The highest BCUT2D eigenvalue weighted by molar-refractivity contribution is 5.12. The number of hydrogen-bond donors (Lipinski definition) is 1. The van der Waals surface area contributed by atoms with Gasteiger partial charge in [-0.3, -0.25) is 0 Å². The maximum absolute atomic E-state index is 8.86. The van der Waals surface area contributed by atoms with E-state index in [9.17, 15) is 0 Å². The number of epoxide rings is 1. The van der Waals surface area contributed by atoms with Gasteiger partial charge in [-0.1, -0.05) is 0 Å². The molecule has 2 aliphatic rings. The molecule has 3 nitrogen and oxygen atoms in total. The summed E-state index contributed by atoms with van der Waals surface area (Å²) in [5, 5.41) is 12.0. The van der Waals surface area contributed by atoms with E-state index in [0.29, 0.717) is 0 Å². The number of nitrogens with zero attached hydrogens (tertiary/aromatic N) is 1. The fourth-order valence-electron chi connectivity index (χ4n) is 1.52. The average molecular weight is 138 g/mol. The van der Waals surface area contributed by atoms with Gasteiger partial charge >= 0.3 is 0 Å². The van der Waals surface area contributed by atoms with Gasteiger partial charge in [0.25, 0.3) is 0 Å². The van der Waals surface area contributed by atoms with Crippen molar-refractivity contribution >= 4 is 0 Å². The molecule has 2 unspecified atom stereocenters. The van der Waals surface area contributed by atoms with Crippen molar-refractivity contribution in [1.29, 1.82) is 5.26 Å². The van der Waals surface area contributed by atoms with Gasteiger partial charge in [0.05, 0.1) is 18.1 Å². The second kappa shape index (κ2) is 1.94. The van der Waals surface area contributed by atoms with E-state index in [2.05, 4.69) is 11.4 Å². The van der Waals surface area contributed by atoms with Gasteiger partial charge in [-0.15, -0.1) is 0 Å². The Kier molecular flexibility index (Phi) is 1.19. The predicted molar refractivity (Wildman–Crippen MR) is 35.3 cm³/mol. The van der Waals surface area contributed by atoms with E-state index in [1.54, 1.807) is 0 Å². The number of hydrogen-bond acceptors (Lipinski definition) is 3. The molecular formula is C7H10N2O. The van der Waals surface area contributed by atoms with Crippen LogP contribution in [0.2, 0.25) is 0 Å². The van der Waals surface area contributed by atoms with Crippen LogP contribution in [0.1, 0.15) is 6.42 Å². The summed E-state index contributed by atoms with van der Waals surface area (Å²) in [5.41, 5.74) is -0.181. The normalized spacial score (nSPS) is 44.9. The van der Waals surface area contributed by atoms with Crippen molar-refractivity contribution in [3.8, 4) is 6.07 Å². The summed E-state index contributed by atoms with van der Waals surface area (Å²) in [6.07, 6.45) is 1.18. The van der Waals surface area contributed by atoms with Crippen LogP contribution >= 0.6 is 0 Å². The van der Waals surface area contributed by atoms with Crippen LogP contribution in [0.4, 0.5) is 0 Å². The lowest BCUT2D eigenvalue weighted by Gasteiger charge is -2.14. The Labute approximate surface area is 60.0 Å². The zero-order valence-corrected chi connectivity index (χ0v) is 5.76. The van der Waals surface area contributed by atoms with E-state index < -0.39 is 0 Å². The second-order valence-electron chi connectivity index (χ2n) is 3.02. The Morgan fingerprint density at radius 2 is 2.50 bits per heavy atom. The van der Waals surface area contributed by atoms with Crippen LogP contribution in [0.25, 0.3) is 0 Å². The molecule has 0 aliphatic carbocycles. The van der Waals surface area contributed by atoms with E-state index in [-0.39, 0.29) is 11.5 Å². The fourth-order valence-corrected chi connectivity index (χ4v) is 1.52. The Balaban J connectivity index is 2.14. The number of nitrogens with one attached hydrogen (secondary N) is 1. The Bertz CT molecular complexity index is 175. The first-order valence-electron chi connectivity index (χ1n) is 3.61. The van der Waals surface area contributed by atoms with Crippen LogP contribution in [0, 0.1) is 16.7 Å². The van der Waals surface area contributed by atoms with E-state index in [4.69, 9.17) is 10.00 Å². The van der Waals surface area contributed by atoms with Gasteiger partial charge in [0.2, 0.25) is 0 Å². The SMILES string of the molecule is N#CC1(C2CO2)CCNC1. The summed E-state index contributed by atoms with van der Waals surface area (Å²) in [4.78, 5) is 0. The smallest absolute Gasteiger partial charge is 0.101 e. The molecule has 2 aliphatic heterocycles. The standard InChI is InChI=1S/C7H10N2O/c8-4-7(6-3-10-6)1-2-9-5-7/h6,9H,1-3,5H2. The van der Waals surface area contributed by atoms with E-state index >= 15 is 0 Å². The summed E-state index contributed by atoms with van der Waals surface area (Å²) < 4.78 is 5.12. The molecule has 1 N–H and O–H groups in total. The maximum atomic E-state index is 8.86. The molecule has 10 heavy (non-hydrogen) atoms. The molecule has 0 spiro atoms.